The van der Waals surface area contributed by atoms with Gasteiger partial charge in [0.05, 0.1) is 30.2 Å². The molecule has 1 atom stereocenters. The Hall–Kier alpha value is -1.36. The highest BCUT2D eigenvalue weighted by Crippen LogP contribution is 2.16. The van der Waals surface area contributed by atoms with Crippen LogP contribution in [0.3, 0.4) is 0 Å². The van der Waals surface area contributed by atoms with Gasteiger partial charge in [-0.1, -0.05) is 0 Å². The van der Waals surface area contributed by atoms with Gasteiger partial charge in [0.25, 0.3) is 0 Å². The molecule has 1 aromatic carbocycles. The summed E-state index contributed by atoms with van der Waals surface area (Å²) in [4.78, 5) is 4.13. The predicted molar refractivity (Wildman–Crippen MR) is 61.9 cm³/mol. The Bertz CT molecular complexity index is 400. The maximum Gasteiger partial charge on any atom is 0.192 e. The van der Waals surface area contributed by atoms with Crippen molar-refractivity contribution in [3.63, 3.8) is 0 Å². The van der Waals surface area contributed by atoms with E-state index in [-0.39, 0.29) is 0 Å². The Labute approximate surface area is 90.8 Å². The first-order chi connectivity index (χ1) is 7.29. The van der Waals surface area contributed by atoms with Gasteiger partial charge in [-0.15, -0.1) is 0 Å². The van der Waals surface area contributed by atoms with Crippen LogP contribution in [0.2, 0.25) is 0 Å². The summed E-state index contributed by atoms with van der Waals surface area (Å²) in [5.74, 6) is 1.42. The van der Waals surface area contributed by atoms with Crippen molar-refractivity contribution in [3.8, 4) is 5.75 Å². The van der Waals surface area contributed by atoms with Crippen LogP contribution in [0.25, 0.3) is 0 Å². The van der Waals surface area contributed by atoms with Crippen molar-refractivity contribution >= 4 is 21.7 Å². The number of ether oxygens (including phenoxy) is 1. The van der Waals surface area contributed by atoms with E-state index in [0.717, 1.165) is 11.4 Å². The summed E-state index contributed by atoms with van der Waals surface area (Å²) < 4.78 is 16.4. The average molecular weight is 224 g/mol. The van der Waals surface area contributed by atoms with Crippen LogP contribution in [0, 0.1) is 0 Å². The molecule has 0 spiro atoms. The molecule has 0 fully saturated rings. The maximum atomic E-state index is 11.4. The third-order valence-electron chi connectivity index (χ3n) is 2.09. The van der Waals surface area contributed by atoms with E-state index in [2.05, 4.69) is 10.3 Å². The summed E-state index contributed by atoms with van der Waals surface area (Å²) in [5.41, 5.74) is 0.879. The van der Waals surface area contributed by atoms with Gasteiger partial charge in [0.15, 0.2) is 5.17 Å². The Morgan fingerprint density at radius 3 is 2.67 bits per heavy atom. The quantitative estimate of drug-likeness (QED) is 0.822. The zero-order valence-corrected chi connectivity index (χ0v) is 9.21. The predicted octanol–water partition coefficient (Wildman–Crippen LogP) is 1.23. The number of nitrogens with one attached hydrogen (secondary N) is 1. The summed E-state index contributed by atoms with van der Waals surface area (Å²) in [5, 5.41) is 3.61. The largest absolute Gasteiger partial charge is 0.497 e. The van der Waals surface area contributed by atoms with Crippen LogP contribution >= 0.6 is 0 Å². The fraction of sp³-hybridized carbons (Fsp3) is 0.300. The highest BCUT2D eigenvalue weighted by molar-refractivity contribution is 8.01. The highest BCUT2D eigenvalue weighted by atomic mass is 32.2. The molecule has 1 aliphatic rings. The van der Waals surface area contributed by atoms with Gasteiger partial charge in [-0.2, -0.15) is 0 Å². The number of hydrogen-bond donors (Lipinski definition) is 1. The van der Waals surface area contributed by atoms with Crippen molar-refractivity contribution in [3.05, 3.63) is 24.3 Å². The van der Waals surface area contributed by atoms with Crippen LogP contribution in [-0.4, -0.2) is 28.8 Å². The second-order valence-electron chi connectivity index (χ2n) is 3.09. The smallest absolute Gasteiger partial charge is 0.192 e. The van der Waals surface area contributed by atoms with Crippen molar-refractivity contribution in [2.75, 3.05) is 24.7 Å². The van der Waals surface area contributed by atoms with Crippen molar-refractivity contribution in [2.45, 2.75) is 0 Å². The molecule has 1 unspecified atom stereocenters. The van der Waals surface area contributed by atoms with Crippen molar-refractivity contribution < 1.29 is 8.95 Å². The maximum absolute atomic E-state index is 11.4. The molecule has 0 aromatic heterocycles. The number of amidine groups is 1. The Balaban J connectivity index is 2.08. The molecule has 0 bridgehead atoms. The molecular weight excluding hydrogens is 212 g/mol. The monoisotopic (exact) mass is 224 g/mol. The number of nitrogens with zero attached hydrogens (tertiary/aromatic N) is 1. The van der Waals surface area contributed by atoms with Crippen LogP contribution < -0.4 is 10.1 Å². The number of methoxy groups -OCH3 is 1. The minimum absolute atomic E-state index is 0.570. The van der Waals surface area contributed by atoms with Crippen LogP contribution in [-0.2, 0) is 10.8 Å². The summed E-state index contributed by atoms with van der Waals surface area (Å²) in [6.07, 6.45) is 0. The fourth-order valence-corrected chi connectivity index (χ4v) is 2.21. The molecule has 15 heavy (non-hydrogen) atoms. The summed E-state index contributed by atoms with van der Waals surface area (Å²) in [7, 11) is 0.663. The molecule has 1 N–H and O–H groups in total. The van der Waals surface area contributed by atoms with E-state index >= 15 is 0 Å². The third-order valence-corrected chi connectivity index (χ3v) is 3.30. The van der Waals surface area contributed by atoms with Gasteiger partial charge in [0.1, 0.15) is 5.75 Å². The summed E-state index contributed by atoms with van der Waals surface area (Å²) in [6.45, 7) is 0.644. The van der Waals surface area contributed by atoms with E-state index in [0.29, 0.717) is 17.5 Å². The van der Waals surface area contributed by atoms with Crippen LogP contribution in [0.5, 0.6) is 5.75 Å². The number of aliphatic imine (C=N–C) groups is 1. The third kappa shape index (κ3) is 2.36. The standard InChI is InChI=1S/C10H12N2O2S/c1-14-9-4-2-8(3-5-9)12-10-11-6-7-15(10)13/h2-5H,6-7H2,1H3,(H,11,12). The normalized spacial score (nSPS) is 19.8. The van der Waals surface area contributed by atoms with Gasteiger partial charge in [-0.25, -0.2) is 0 Å². The molecule has 80 valence electrons. The van der Waals surface area contributed by atoms with E-state index < -0.39 is 10.8 Å². The van der Waals surface area contributed by atoms with Gasteiger partial charge in [0, 0.05) is 5.69 Å². The fourth-order valence-electron chi connectivity index (χ4n) is 1.29. The van der Waals surface area contributed by atoms with Crippen molar-refractivity contribution in [1.29, 1.82) is 0 Å². The number of anilines is 1. The van der Waals surface area contributed by atoms with Crippen molar-refractivity contribution in [2.24, 2.45) is 4.99 Å². The molecule has 5 heteroatoms. The molecule has 1 aromatic rings. The van der Waals surface area contributed by atoms with E-state index in [9.17, 15) is 4.21 Å². The lowest BCUT2D eigenvalue weighted by Crippen LogP contribution is -2.15. The van der Waals surface area contributed by atoms with E-state index in [4.69, 9.17) is 4.74 Å². The number of benzene rings is 1. The molecule has 0 aliphatic carbocycles. The minimum atomic E-state index is -0.961. The van der Waals surface area contributed by atoms with E-state index in [1.165, 1.54) is 0 Å². The van der Waals surface area contributed by atoms with Gasteiger partial charge in [-0.05, 0) is 24.3 Å². The molecule has 1 heterocycles. The second-order valence-corrected chi connectivity index (χ2v) is 4.58. The molecule has 0 radical (unpaired) electrons. The zero-order chi connectivity index (χ0) is 10.7. The second kappa shape index (κ2) is 4.44. The van der Waals surface area contributed by atoms with Crippen molar-refractivity contribution in [1.82, 2.24) is 0 Å². The molecule has 0 saturated heterocycles. The Kier molecular flexibility index (Phi) is 3.01. The van der Waals surface area contributed by atoms with Gasteiger partial charge in [0.2, 0.25) is 0 Å². The number of hydrogen-bond acceptors (Lipinski definition) is 4. The first-order valence-corrected chi connectivity index (χ1v) is 5.95. The van der Waals surface area contributed by atoms with Gasteiger partial charge in [-0.3, -0.25) is 9.20 Å². The van der Waals surface area contributed by atoms with E-state index in [1.807, 2.05) is 24.3 Å². The Morgan fingerprint density at radius 2 is 2.13 bits per heavy atom. The lowest BCUT2D eigenvalue weighted by molar-refractivity contribution is 0.415. The molecule has 0 amide bonds. The first kappa shape index (κ1) is 10.2. The lowest BCUT2D eigenvalue weighted by atomic mass is 10.3. The summed E-state index contributed by atoms with van der Waals surface area (Å²) >= 11 is 0. The molecule has 4 nitrogen and oxygen atoms in total. The molecule has 0 saturated carbocycles. The van der Waals surface area contributed by atoms with Gasteiger partial charge >= 0.3 is 0 Å². The first-order valence-electron chi connectivity index (χ1n) is 4.63. The zero-order valence-electron chi connectivity index (χ0n) is 8.40. The van der Waals surface area contributed by atoms with Crippen LogP contribution in [0.15, 0.2) is 29.3 Å². The lowest BCUT2D eigenvalue weighted by Gasteiger charge is -2.05. The van der Waals surface area contributed by atoms with Crippen LogP contribution in [0.4, 0.5) is 5.69 Å². The highest BCUT2D eigenvalue weighted by Gasteiger charge is 2.14. The van der Waals surface area contributed by atoms with E-state index in [1.54, 1.807) is 7.11 Å². The Morgan fingerprint density at radius 1 is 1.40 bits per heavy atom. The molecule has 2 rings (SSSR count). The minimum Gasteiger partial charge on any atom is -0.497 e. The summed E-state index contributed by atoms with van der Waals surface area (Å²) in [6, 6.07) is 7.44. The molecular formula is C10H12N2O2S. The van der Waals surface area contributed by atoms with Gasteiger partial charge < -0.3 is 10.1 Å². The number of rotatable bonds is 2. The average Bonchev–Trinajstić information content (AvgIpc) is 2.66. The SMILES string of the molecule is COc1ccc(NC2=NCCS2=O)cc1. The topological polar surface area (TPSA) is 50.7 Å². The van der Waals surface area contributed by atoms with Crippen LogP contribution in [0.1, 0.15) is 0 Å². The molecule has 1 aliphatic heterocycles.